The molecule has 0 aliphatic rings. The van der Waals surface area contributed by atoms with E-state index in [1.165, 1.54) is 18.6 Å². The SMILES string of the molecule is NC(=O)c1ccncn1. The van der Waals surface area contributed by atoms with Gasteiger partial charge < -0.3 is 5.73 Å². The molecule has 0 aliphatic carbocycles. The van der Waals surface area contributed by atoms with Crippen molar-refractivity contribution in [3.05, 3.63) is 24.3 Å². The summed E-state index contributed by atoms with van der Waals surface area (Å²) < 4.78 is 0. The number of hydrogen-bond donors (Lipinski definition) is 1. The topological polar surface area (TPSA) is 68.9 Å². The summed E-state index contributed by atoms with van der Waals surface area (Å²) in [6.07, 6.45) is 2.74. The minimum Gasteiger partial charge on any atom is -0.364 e. The molecule has 1 aromatic rings. The normalized spacial score (nSPS) is 8.89. The number of nitrogens with zero attached hydrogens (tertiary/aromatic N) is 2. The molecule has 0 spiro atoms. The number of nitrogens with two attached hydrogens (primary N) is 1. The van der Waals surface area contributed by atoms with Crippen molar-refractivity contribution in [2.75, 3.05) is 0 Å². The fraction of sp³-hybridized carbons (Fsp3) is 0. The Bertz CT molecular complexity index is 209. The molecular weight excluding hydrogens is 118 g/mol. The molecule has 1 heterocycles. The van der Waals surface area contributed by atoms with E-state index < -0.39 is 5.91 Å². The quantitative estimate of drug-likeness (QED) is 0.551. The maximum atomic E-state index is 10.3. The van der Waals surface area contributed by atoms with Gasteiger partial charge >= 0.3 is 0 Å². The van der Waals surface area contributed by atoms with E-state index in [2.05, 4.69) is 9.97 Å². The van der Waals surface area contributed by atoms with Gasteiger partial charge in [0, 0.05) is 6.20 Å². The highest BCUT2D eigenvalue weighted by Gasteiger charge is 1.96. The highest BCUT2D eigenvalue weighted by Crippen LogP contribution is 1.85. The maximum absolute atomic E-state index is 10.3. The fourth-order valence-electron chi connectivity index (χ4n) is 0.436. The summed E-state index contributed by atoms with van der Waals surface area (Å²) in [7, 11) is 0. The molecule has 0 saturated heterocycles. The smallest absolute Gasteiger partial charge is 0.267 e. The molecule has 0 radical (unpaired) electrons. The Kier molecular flexibility index (Phi) is 1.40. The largest absolute Gasteiger partial charge is 0.364 e. The van der Waals surface area contributed by atoms with Crippen LogP contribution in [0.1, 0.15) is 10.5 Å². The first kappa shape index (κ1) is 5.68. The third-order valence-electron chi connectivity index (χ3n) is 0.834. The van der Waals surface area contributed by atoms with Gasteiger partial charge in [0.05, 0.1) is 0 Å². The third kappa shape index (κ3) is 1.22. The molecule has 1 amide bonds. The number of rotatable bonds is 1. The molecule has 46 valence electrons. The van der Waals surface area contributed by atoms with Crippen LogP contribution in [-0.2, 0) is 0 Å². The summed E-state index contributed by atoms with van der Waals surface area (Å²) in [6.45, 7) is 0. The lowest BCUT2D eigenvalue weighted by Crippen LogP contribution is -2.12. The van der Waals surface area contributed by atoms with Gasteiger partial charge in [-0.25, -0.2) is 9.97 Å². The number of amides is 1. The van der Waals surface area contributed by atoms with Gasteiger partial charge in [0.2, 0.25) is 0 Å². The first-order valence-corrected chi connectivity index (χ1v) is 2.36. The molecule has 9 heavy (non-hydrogen) atoms. The van der Waals surface area contributed by atoms with Gasteiger partial charge in [0.15, 0.2) is 0 Å². The van der Waals surface area contributed by atoms with Crippen LogP contribution in [0, 0.1) is 0 Å². The second-order valence-electron chi connectivity index (χ2n) is 1.46. The monoisotopic (exact) mass is 123 g/mol. The number of carbonyl (C=O) groups excluding carboxylic acids is 1. The minimum atomic E-state index is -0.530. The Hall–Kier alpha value is -1.45. The lowest BCUT2D eigenvalue weighted by Gasteiger charge is -1.87. The summed E-state index contributed by atoms with van der Waals surface area (Å²) in [4.78, 5) is 17.5. The molecule has 4 heteroatoms. The second kappa shape index (κ2) is 2.21. The van der Waals surface area contributed by atoms with Crippen molar-refractivity contribution < 1.29 is 4.79 Å². The number of hydrogen-bond acceptors (Lipinski definition) is 3. The summed E-state index contributed by atoms with van der Waals surface area (Å²) in [5.41, 5.74) is 5.13. The Balaban J connectivity index is 2.98. The van der Waals surface area contributed by atoms with E-state index in [0.29, 0.717) is 0 Å². The van der Waals surface area contributed by atoms with Crippen LogP contribution >= 0.6 is 0 Å². The fourth-order valence-corrected chi connectivity index (χ4v) is 0.436. The summed E-state index contributed by atoms with van der Waals surface area (Å²) >= 11 is 0. The highest BCUT2D eigenvalue weighted by molar-refractivity contribution is 5.90. The molecule has 1 rings (SSSR count). The Morgan fingerprint density at radius 3 is 2.78 bits per heavy atom. The Morgan fingerprint density at radius 2 is 2.44 bits per heavy atom. The van der Waals surface area contributed by atoms with Gasteiger partial charge in [0.25, 0.3) is 5.91 Å². The van der Waals surface area contributed by atoms with Gasteiger partial charge in [-0.15, -0.1) is 0 Å². The average molecular weight is 123 g/mol. The van der Waals surface area contributed by atoms with Crippen LogP contribution in [0.5, 0.6) is 0 Å². The predicted octanol–water partition coefficient (Wildman–Crippen LogP) is -0.425. The molecule has 0 bridgehead atoms. The summed E-state index contributed by atoms with van der Waals surface area (Å²) in [5.74, 6) is -0.530. The number of aromatic nitrogens is 2. The molecule has 0 aliphatic heterocycles. The van der Waals surface area contributed by atoms with Gasteiger partial charge in [-0.2, -0.15) is 0 Å². The predicted molar refractivity (Wildman–Crippen MR) is 30.5 cm³/mol. The van der Waals surface area contributed by atoms with Gasteiger partial charge in [-0.3, -0.25) is 4.79 Å². The lowest BCUT2D eigenvalue weighted by atomic mass is 10.4. The van der Waals surface area contributed by atoms with Crippen molar-refractivity contribution in [1.82, 2.24) is 9.97 Å². The van der Waals surface area contributed by atoms with E-state index in [9.17, 15) is 4.79 Å². The Labute approximate surface area is 51.7 Å². The van der Waals surface area contributed by atoms with Crippen molar-refractivity contribution in [3.8, 4) is 0 Å². The van der Waals surface area contributed by atoms with Crippen molar-refractivity contribution in [2.45, 2.75) is 0 Å². The van der Waals surface area contributed by atoms with Gasteiger partial charge in [-0.1, -0.05) is 0 Å². The van der Waals surface area contributed by atoms with Gasteiger partial charge in [-0.05, 0) is 6.07 Å². The van der Waals surface area contributed by atoms with E-state index in [1.54, 1.807) is 0 Å². The van der Waals surface area contributed by atoms with E-state index in [1.807, 2.05) is 0 Å². The van der Waals surface area contributed by atoms with Crippen LogP contribution in [0.25, 0.3) is 0 Å². The number of carbonyl (C=O) groups is 1. The van der Waals surface area contributed by atoms with Crippen LogP contribution in [-0.4, -0.2) is 15.9 Å². The standard InChI is InChI=1S/C5H5N3O/c6-5(9)4-1-2-7-3-8-4/h1-3H,(H2,6,9). The third-order valence-corrected chi connectivity index (χ3v) is 0.834. The zero-order valence-corrected chi connectivity index (χ0v) is 4.61. The summed E-state index contributed by atoms with van der Waals surface area (Å²) in [5, 5.41) is 0. The van der Waals surface area contributed by atoms with Crippen LogP contribution in [0.3, 0.4) is 0 Å². The van der Waals surface area contributed by atoms with Crippen molar-refractivity contribution in [2.24, 2.45) is 5.73 Å². The average Bonchev–Trinajstić information content (AvgIpc) is 1.90. The second-order valence-corrected chi connectivity index (χ2v) is 1.46. The molecular formula is C5H5N3O. The first-order valence-electron chi connectivity index (χ1n) is 2.36. The zero-order chi connectivity index (χ0) is 6.69. The molecule has 0 aromatic carbocycles. The van der Waals surface area contributed by atoms with E-state index >= 15 is 0 Å². The highest BCUT2D eigenvalue weighted by atomic mass is 16.1. The summed E-state index contributed by atoms with van der Waals surface area (Å²) in [6, 6.07) is 1.46. The Morgan fingerprint density at radius 1 is 1.67 bits per heavy atom. The van der Waals surface area contributed by atoms with E-state index in [-0.39, 0.29) is 5.69 Å². The lowest BCUT2D eigenvalue weighted by molar-refractivity contribution is 0.0995. The molecule has 0 fully saturated rings. The molecule has 0 saturated carbocycles. The maximum Gasteiger partial charge on any atom is 0.267 e. The van der Waals surface area contributed by atoms with E-state index in [0.717, 1.165) is 0 Å². The van der Waals surface area contributed by atoms with Crippen molar-refractivity contribution in [1.29, 1.82) is 0 Å². The molecule has 1 aromatic heterocycles. The van der Waals surface area contributed by atoms with Crippen LogP contribution in [0.4, 0.5) is 0 Å². The minimum absolute atomic E-state index is 0.241. The van der Waals surface area contributed by atoms with Crippen LogP contribution in [0.15, 0.2) is 18.6 Å². The molecule has 2 N–H and O–H groups in total. The molecule has 4 nitrogen and oxygen atoms in total. The van der Waals surface area contributed by atoms with E-state index in [4.69, 9.17) is 5.73 Å². The zero-order valence-electron chi connectivity index (χ0n) is 4.61. The van der Waals surface area contributed by atoms with Gasteiger partial charge in [0.1, 0.15) is 12.0 Å². The van der Waals surface area contributed by atoms with Crippen molar-refractivity contribution >= 4 is 5.91 Å². The first-order chi connectivity index (χ1) is 4.30. The van der Waals surface area contributed by atoms with Crippen LogP contribution in [0.2, 0.25) is 0 Å². The molecule has 0 unspecified atom stereocenters. The molecule has 0 atom stereocenters. The van der Waals surface area contributed by atoms with Crippen LogP contribution < -0.4 is 5.73 Å². The number of primary amides is 1. The van der Waals surface area contributed by atoms with Crippen molar-refractivity contribution in [3.63, 3.8) is 0 Å².